The van der Waals surface area contributed by atoms with Crippen LogP contribution in [-0.4, -0.2) is 55.7 Å². The van der Waals surface area contributed by atoms with E-state index in [0.717, 1.165) is 0 Å². The molecule has 6 nitrogen and oxygen atoms in total. The molecule has 0 spiro atoms. The highest BCUT2D eigenvalue weighted by atomic mass is 32.2. The lowest BCUT2D eigenvalue weighted by atomic mass is 9.93. The standard InChI is InChI=1S/C12H24N2O4S/c1-3-12(4-2,9-15)14-11(16)7-10-8-19(17,18)6-5-13-10/h10,13,15H,3-9H2,1-2H3,(H,14,16). The van der Waals surface area contributed by atoms with Crippen LogP contribution in [0.25, 0.3) is 0 Å². The van der Waals surface area contributed by atoms with Crippen LogP contribution in [0.2, 0.25) is 0 Å². The van der Waals surface area contributed by atoms with Crippen LogP contribution in [0.1, 0.15) is 33.1 Å². The number of sulfone groups is 1. The fourth-order valence-electron chi connectivity index (χ4n) is 2.26. The number of carbonyl (C=O) groups is 1. The third-order valence-corrected chi connectivity index (χ3v) is 5.53. The van der Waals surface area contributed by atoms with Crippen LogP contribution >= 0.6 is 0 Å². The summed E-state index contributed by atoms with van der Waals surface area (Å²) in [7, 11) is -3.03. The van der Waals surface area contributed by atoms with E-state index in [1.54, 1.807) is 0 Å². The van der Waals surface area contributed by atoms with Crippen LogP contribution in [0.4, 0.5) is 0 Å². The Balaban J connectivity index is 2.55. The summed E-state index contributed by atoms with van der Waals surface area (Å²) in [6.45, 7) is 4.10. The van der Waals surface area contributed by atoms with Crippen molar-refractivity contribution in [1.29, 1.82) is 0 Å². The molecule has 1 heterocycles. The van der Waals surface area contributed by atoms with Crippen LogP contribution in [-0.2, 0) is 14.6 Å². The minimum Gasteiger partial charge on any atom is -0.394 e. The summed E-state index contributed by atoms with van der Waals surface area (Å²) in [4.78, 5) is 12.0. The van der Waals surface area contributed by atoms with E-state index in [4.69, 9.17) is 0 Å². The van der Waals surface area contributed by atoms with Crippen molar-refractivity contribution in [3.8, 4) is 0 Å². The normalized spacial score (nSPS) is 23.0. The lowest BCUT2D eigenvalue weighted by Crippen LogP contribution is -2.53. The molecule has 1 fully saturated rings. The number of hydrogen-bond donors (Lipinski definition) is 3. The van der Waals surface area contributed by atoms with Gasteiger partial charge in [-0.15, -0.1) is 0 Å². The molecular weight excluding hydrogens is 268 g/mol. The minimum absolute atomic E-state index is 0.00476. The van der Waals surface area contributed by atoms with Crippen molar-refractivity contribution >= 4 is 15.7 Å². The molecule has 0 aromatic carbocycles. The topological polar surface area (TPSA) is 95.5 Å². The van der Waals surface area contributed by atoms with Gasteiger partial charge in [0.25, 0.3) is 0 Å². The summed E-state index contributed by atoms with van der Waals surface area (Å²) in [6.07, 6.45) is 1.41. The molecular formula is C12H24N2O4S. The van der Waals surface area contributed by atoms with Crippen molar-refractivity contribution in [2.24, 2.45) is 0 Å². The van der Waals surface area contributed by atoms with Crippen molar-refractivity contribution in [3.63, 3.8) is 0 Å². The maximum Gasteiger partial charge on any atom is 0.222 e. The smallest absolute Gasteiger partial charge is 0.222 e. The second kappa shape index (κ2) is 6.67. The summed E-state index contributed by atoms with van der Waals surface area (Å²) in [5.41, 5.74) is -0.593. The molecule has 3 N–H and O–H groups in total. The first-order valence-electron chi connectivity index (χ1n) is 6.72. The maximum atomic E-state index is 12.0. The van der Waals surface area contributed by atoms with Crippen molar-refractivity contribution in [2.75, 3.05) is 24.7 Å². The molecule has 19 heavy (non-hydrogen) atoms. The Labute approximate surface area is 114 Å². The SMILES string of the molecule is CCC(CC)(CO)NC(=O)CC1CS(=O)(=O)CCN1. The molecule has 0 aliphatic carbocycles. The van der Waals surface area contributed by atoms with Gasteiger partial charge < -0.3 is 15.7 Å². The highest BCUT2D eigenvalue weighted by Crippen LogP contribution is 2.15. The van der Waals surface area contributed by atoms with Gasteiger partial charge in [-0.25, -0.2) is 8.42 Å². The van der Waals surface area contributed by atoms with Crippen LogP contribution in [0.5, 0.6) is 0 Å². The minimum atomic E-state index is -3.03. The molecule has 1 aliphatic heterocycles. The molecule has 1 aliphatic rings. The van der Waals surface area contributed by atoms with Gasteiger partial charge >= 0.3 is 0 Å². The summed E-state index contributed by atoms with van der Waals surface area (Å²) < 4.78 is 23.0. The Bertz CT molecular complexity index is 396. The molecule has 1 rings (SSSR count). The molecule has 1 atom stereocenters. The number of aliphatic hydroxyl groups excluding tert-OH is 1. The number of nitrogens with one attached hydrogen (secondary N) is 2. The summed E-state index contributed by atoms with van der Waals surface area (Å²) in [5, 5.41) is 15.3. The van der Waals surface area contributed by atoms with Gasteiger partial charge in [-0.1, -0.05) is 13.8 Å². The van der Waals surface area contributed by atoms with Crippen LogP contribution < -0.4 is 10.6 Å². The third kappa shape index (κ3) is 4.74. The Morgan fingerprint density at radius 1 is 1.42 bits per heavy atom. The first kappa shape index (κ1) is 16.4. The van der Waals surface area contributed by atoms with Crippen LogP contribution in [0.15, 0.2) is 0 Å². The number of amides is 1. The van der Waals surface area contributed by atoms with E-state index in [0.29, 0.717) is 19.4 Å². The van der Waals surface area contributed by atoms with Gasteiger partial charge in [-0.3, -0.25) is 4.79 Å². The Morgan fingerprint density at radius 2 is 2.05 bits per heavy atom. The maximum absolute atomic E-state index is 12.0. The molecule has 0 saturated carbocycles. The number of carbonyl (C=O) groups excluding carboxylic acids is 1. The predicted molar refractivity (Wildman–Crippen MR) is 73.6 cm³/mol. The number of hydrogen-bond acceptors (Lipinski definition) is 5. The molecule has 7 heteroatoms. The molecule has 1 saturated heterocycles. The Morgan fingerprint density at radius 3 is 2.53 bits per heavy atom. The second-order valence-electron chi connectivity index (χ2n) is 5.16. The monoisotopic (exact) mass is 292 g/mol. The molecule has 0 aromatic rings. The van der Waals surface area contributed by atoms with Gasteiger partial charge in [-0.05, 0) is 12.8 Å². The van der Waals surface area contributed by atoms with E-state index in [-0.39, 0.29) is 36.5 Å². The highest BCUT2D eigenvalue weighted by molar-refractivity contribution is 7.91. The van der Waals surface area contributed by atoms with Gasteiger partial charge in [0, 0.05) is 19.0 Å². The molecule has 112 valence electrons. The van der Waals surface area contributed by atoms with E-state index in [9.17, 15) is 18.3 Å². The first-order chi connectivity index (χ1) is 8.86. The summed E-state index contributed by atoms with van der Waals surface area (Å²) in [6, 6.07) is -0.330. The predicted octanol–water partition coefficient (Wildman–Crippen LogP) is -0.570. The fourth-order valence-corrected chi connectivity index (χ4v) is 3.70. The van der Waals surface area contributed by atoms with Crippen molar-refractivity contribution in [3.05, 3.63) is 0 Å². The first-order valence-corrected chi connectivity index (χ1v) is 8.54. The zero-order valence-electron chi connectivity index (χ0n) is 11.6. The van der Waals surface area contributed by atoms with Gasteiger partial charge in [0.05, 0.1) is 23.7 Å². The molecule has 0 radical (unpaired) electrons. The van der Waals surface area contributed by atoms with Gasteiger partial charge in [0.1, 0.15) is 0 Å². The molecule has 1 amide bonds. The largest absolute Gasteiger partial charge is 0.394 e. The highest BCUT2D eigenvalue weighted by Gasteiger charge is 2.30. The zero-order valence-corrected chi connectivity index (χ0v) is 12.4. The Hall–Kier alpha value is -0.660. The summed E-state index contributed by atoms with van der Waals surface area (Å²) >= 11 is 0. The van der Waals surface area contributed by atoms with E-state index in [1.165, 1.54) is 0 Å². The van der Waals surface area contributed by atoms with Gasteiger partial charge in [0.2, 0.25) is 5.91 Å². The fraction of sp³-hybridized carbons (Fsp3) is 0.917. The molecule has 1 unspecified atom stereocenters. The van der Waals surface area contributed by atoms with Crippen LogP contribution in [0.3, 0.4) is 0 Å². The van der Waals surface area contributed by atoms with Crippen molar-refractivity contribution in [2.45, 2.75) is 44.7 Å². The van der Waals surface area contributed by atoms with Crippen LogP contribution in [0, 0.1) is 0 Å². The number of rotatable bonds is 6. The van der Waals surface area contributed by atoms with E-state index in [1.807, 2.05) is 13.8 Å². The lowest BCUT2D eigenvalue weighted by Gasteiger charge is -2.32. The quantitative estimate of drug-likeness (QED) is 0.609. The Kier molecular flexibility index (Phi) is 5.76. The average Bonchev–Trinajstić information content (AvgIpc) is 2.35. The van der Waals surface area contributed by atoms with E-state index >= 15 is 0 Å². The third-order valence-electron chi connectivity index (χ3n) is 3.79. The zero-order chi connectivity index (χ0) is 14.5. The summed E-state index contributed by atoms with van der Waals surface area (Å²) in [5.74, 6) is -0.0761. The van der Waals surface area contributed by atoms with Crippen molar-refractivity contribution in [1.82, 2.24) is 10.6 Å². The van der Waals surface area contributed by atoms with E-state index < -0.39 is 15.4 Å². The average molecular weight is 292 g/mol. The lowest BCUT2D eigenvalue weighted by molar-refractivity contribution is -0.124. The number of aliphatic hydroxyl groups is 1. The van der Waals surface area contributed by atoms with Gasteiger partial charge in [-0.2, -0.15) is 0 Å². The second-order valence-corrected chi connectivity index (χ2v) is 7.39. The van der Waals surface area contributed by atoms with E-state index in [2.05, 4.69) is 10.6 Å². The molecule has 0 aromatic heterocycles. The molecule has 0 bridgehead atoms. The van der Waals surface area contributed by atoms with Gasteiger partial charge in [0.15, 0.2) is 9.84 Å². The van der Waals surface area contributed by atoms with Crippen molar-refractivity contribution < 1.29 is 18.3 Å².